The fraction of sp³-hybridized carbons (Fsp3) is 0.583. The Bertz CT molecular complexity index is 345. The number of amides is 1. The molecule has 0 saturated heterocycles. The molecule has 1 atom stereocenters. The van der Waals surface area contributed by atoms with Gasteiger partial charge in [0, 0.05) is 6.04 Å². The van der Waals surface area contributed by atoms with E-state index >= 15 is 0 Å². The van der Waals surface area contributed by atoms with Gasteiger partial charge in [0.1, 0.15) is 11.5 Å². The monoisotopic (exact) mass is 224 g/mol. The topological polar surface area (TPSA) is 54.3 Å². The number of rotatable bonds is 5. The molecule has 16 heavy (non-hydrogen) atoms. The summed E-state index contributed by atoms with van der Waals surface area (Å²) >= 11 is 0. The van der Waals surface area contributed by atoms with E-state index < -0.39 is 0 Å². The van der Waals surface area contributed by atoms with Crippen LogP contribution in [0.4, 0.5) is 0 Å². The zero-order valence-electron chi connectivity index (χ0n) is 10.3. The van der Waals surface area contributed by atoms with Gasteiger partial charge >= 0.3 is 0 Å². The van der Waals surface area contributed by atoms with Crippen molar-refractivity contribution >= 4 is 5.91 Å². The second kappa shape index (κ2) is 5.70. The molecule has 0 saturated carbocycles. The first-order valence-electron chi connectivity index (χ1n) is 5.58. The zero-order chi connectivity index (χ0) is 12.1. The van der Waals surface area contributed by atoms with Crippen molar-refractivity contribution in [3.63, 3.8) is 0 Å². The Morgan fingerprint density at radius 2 is 2.06 bits per heavy atom. The van der Waals surface area contributed by atoms with Crippen LogP contribution in [0, 0.1) is 6.92 Å². The van der Waals surface area contributed by atoms with Crippen molar-refractivity contribution < 1.29 is 9.21 Å². The van der Waals surface area contributed by atoms with Crippen LogP contribution in [-0.4, -0.2) is 18.5 Å². The normalized spacial score (nSPS) is 12.8. The summed E-state index contributed by atoms with van der Waals surface area (Å²) in [5, 5.41) is 5.93. The number of furan rings is 1. The molecule has 1 aromatic rings. The van der Waals surface area contributed by atoms with Gasteiger partial charge < -0.3 is 15.1 Å². The highest BCUT2D eigenvalue weighted by molar-refractivity contribution is 5.78. The molecule has 1 amide bonds. The number of hydrogen-bond donors (Lipinski definition) is 2. The Labute approximate surface area is 96.4 Å². The zero-order valence-corrected chi connectivity index (χ0v) is 10.3. The third-order valence-electron chi connectivity index (χ3n) is 2.24. The number of hydrogen-bond acceptors (Lipinski definition) is 3. The highest BCUT2D eigenvalue weighted by atomic mass is 16.3. The molecule has 4 nitrogen and oxygen atoms in total. The summed E-state index contributed by atoms with van der Waals surface area (Å²) in [6, 6.07) is 4.00. The predicted molar refractivity (Wildman–Crippen MR) is 63.1 cm³/mol. The second-order valence-corrected chi connectivity index (χ2v) is 4.27. The Kier molecular flexibility index (Phi) is 4.55. The van der Waals surface area contributed by atoms with E-state index in [1.165, 1.54) is 0 Å². The van der Waals surface area contributed by atoms with E-state index in [0.29, 0.717) is 12.6 Å². The molecule has 1 rings (SSSR count). The van der Waals surface area contributed by atoms with Crippen molar-refractivity contribution in [1.29, 1.82) is 0 Å². The minimum absolute atomic E-state index is 0.0183. The molecule has 0 aromatic carbocycles. The molecule has 1 heterocycles. The van der Waals surface area contributed by atoms with Crippen LogP contribution in [0.25, 0.3) is 0 Å². The predicted octanol–water partition coefficient (Wildman–Crippen LogP) is 1.76. The van der Waals surface area contributed by atoms with Crippen LogP contribution in [0.5, 0.6) is 0 Å². The number of carbonyl (C=O) groups excluding carboxylic acids is 1. The molecule has 90 valence electrons. The lowest BCUT2D eigenvalue weighted by Crippen LogP contribution is -2.37. The summed E-state index contributed by atoms with van der Waals surface area (Å²) in [5.41, 5.74) is 0. The Morgan fingerprint density at radius 3 is 2.56 bits per heavy atom. The van der Waals surface area contributed by atoms with Gasteiger partial charge in [-0.1, -0.05) is 13.8 Å². The van der Waals surface area contributed by atoms with Crippen LogP contribution < -0.4 is 10.6 Å². The summed E-state index contributed by atoms with van der Waals surface area (Å²) < 4.78 is 5.44. The van der Waals surface area contributed by atoms with Crippen molar-refractivity contribution in [1.82, 2.24) is 10.6 Å². The average Bonchev–Trinajstić information content (AvgIpc) is 2.62. The van der Waals surface area contributed by atoms with E-state index in [9.17, 15) is 4.79 Å². The van der Waals surface area contributed by atoms with Crippen LogP contribution >= 0.6 is 0 Å². The lowest BCUT2D eigenvalue weighted by Gasteiger charge is -2.13. The molecular weight excluding hydrogens is 204 g/mol. The van der Waals surface area contributed by atoms with Crippen molar-refractivity contribution in [3.8, 4) is 0 Å². The van der Waals surface area contributed by atoms with Gasteiger partial charge in [-0.05, 0) is 26.0 Å². The number of nitrogens with one attached hydrogen (secondary N) is 2. The second-order valence-electron chi connectivity index (χ2n) is 4.27. The third-order valence-corrected chi connectivity index (χ3v) is 2.24. The quantitative estimate of drug-likeness (QED) is 0.801. The van der Waals surface area contributed by atoms with Gasteiger partial charge in [-0.15, -0.1) is 0 Å². The Morgan fingerprint density at radius 1 is 1.38 bits per heavy atom. The molecule has 0 spiro atoms. The summed E-state index contributed by atoms with van der Waals surface area (Å²) in [6.07, 6.45) is 0. The molecule has 4 heteroatoms. The van der Waals surface area contributed by atoms with Crippen molar-refractivity contribution in [3.05, 3.63) is 23.7 Å². The summed E-state index contributed by atoms with van der Waals surface area (Å²) in [6.45, 7) is 8.14. The smallest absolute Gasteiger partial charge is 0.234 e. The fourth-order valence-electron chi connectivity index (χ4n) is 1.35. The van der Waals surface area contributed by atoms with Crippen LogP contribution in [0.3, 0.4) is 0 Å². The number of aryl methyl sites for hydroxylation is 1. The molecule has 1 unspecified atom stereocenters. The van der Waals surface area contributed by atoms with E-state index in [0.717, 1.165) is 11.5 Å². The highest BCUT2D eigenvalue weighted by Crippen LogP contribution is 2.14. The minimum atomic E-state index is -0.0878. The van der Waals surface area contributed by atoms with Gasteiger partial charge in [-0.2, -0.15) is 0 Å². The van der Waals surface area contributed by atoms with Crippen molar-refractivity contribution in [2.45, 2.75) is 39.8 Å². The minimum Gasteiger partial charge on any atom is -0.464 e. The van der Waals surface area contributed by atoms with Gasteiger partial charge in [-0.25, -0.2) is 0 Å². The molecule has 0 fully saturated rings. The van der Waals surface area contributed by atoms with Gasteiger partial charge in [0.05, 0.1) is 12.6 Å². The maximum absolute atomic E-state index is 11.5. The van der Waals surface area contributed by atoms with E-state index in [1.807, 2.05) is 39.8 Å². The van der Waals surface area contributed by atoms with Crippen LogP contribution in [0.15, 0.2) is 16.5 Å². The van der Waals surface area contributed by atoms with E-state index in [2.05, 4.69) is 10.6 Å². The molecule has 0 aliphatic heterocycles. The first-order valence-corrected chi connectivity index (χ1v) is 5.58. The highest BCUT2D eigenvalue weighted by Gasteiger charge is 2.12. The maximum Gasteiger partial charge on any atom is 0.234 e. The molecule has 0 bridgehead atoms. The molecule has 0 aliphatic rings. The van der Waals surface area contributed by atoms with Gasteiger partial charge in [0.25, 0.3) is 0 Å². The van der Waals surface area contributed by atoms with Gasteiger partial charge in [0.2, 0.25) is 5.91 Å². The van der Waals surface area contributed by atoms with Crippen molar-refractivity contribution in [2.24, 2.45) is 0 Å². The standard InChI is InChI=1S/C12H20N2O2/c1-8(2)13-7-12(15)14-10(4)11-6-5-9(3)16-11/h5-6,8,10,13H,7H2,1-4H3,(H,14,15). The molecular formula is C12H20N2O2. The van der Waals surface area contributed by atoms with Crippen LogP contribution in [0.1, 0.15) is 38.3 Å². The average molecular weight is 224 g/mol. The SMILES string of the molecule is Cc1ccc(C(C)NC(=O)CNC(C)C)o1. The summed E-state index contributed by atoms with van der Waals surface area (Å²) in [4.78, 5) is 11.5. The molecule has 1 aromatic heterocycles. The van der Waals surface area contributed by atoms with Crippen LogP contribution in [-0.2, 0) is 4.79 Å². The molecule has 0 radical (unpaired) electrons. The maximum atomic E-state index is 11.5. The first-order chi connectivity index (χ1) is 7.49. The molecule has 2 N–H and O–H groups in total. The summed E-state index contributed by atoms with van der Waals surface area (Å²) in [5.74, 6) is 1.63. The van der Waals surface area contributed by atoms with Crippen molar-refractivity contribution in [2.75, 3.05) is 6.54 Å². The lowest BCUT2D eigenvalue weighted by atomic mass is 10.2. The number of carbonyl (C=O) groups is 1. The molecule has 0 aliphatic carbocycles. The van der Waals surface area contributed by atoms with E-state index in [1.54, 1.807) is 0 Å². The first kappa shape index (κ1) is 12.8. The largest absolute Gasteiger partial charge is 0.464 e. The van der Waals surface area contributed by atoms with Gasteiger partial charge in [0.15, 0.2) is 0 Å². The Hall–Kier alpha value is -1.29. The lowest BCUT2D eigenvalue weighted by molar-refractivity contribution is -0.121. The van der Waals surface area contributed by atoms with Crippen LogP contribution in [0.2, 0.25) is 0 Å². The fourth-order valence-corrected chi connectivity index (χ4v) is 1.35. The van der Waals surface area contributed by atoms with E-state index in [4.69, 9.17) is 4.42 Å². The Balaban J connectivity index is 2.39. The summed E-state index contributed by atoms with van der Waals surface area (Å²) in [7, 11) is 0. The van der Waals surface area contributed by atoms with E-state index in [-0.39, 0.29) is 11.9 Å². The van der Waals surface area contributed by atoms with Gasteiger partial charge in [-0.3, -0.25) is 4.79 Å². The third kappa shape index (κ3) is 4.06.